The monoisotopic (exact) mass is 526 g/mol. The van der Waals surface area contributed by atoms with Gasteiger partial charge in [-0.3, -0.25) is 0 Å². The van der Waals surface area contributed by atoms with Crippen molar-refractivity contribution >= 4 is 26.8 Å². The number of ether oxygens (including phenoxy) is 1. The summed E-state index contributed by atoms with van der Waals surface area (Å²) in [4.78, 5) is 16.7. The summed E-state index contributed by atoms with van der Waals surface area (Å²) in [5, 5.41) is 9.51. The lowest BCUT2D eigenvalue weighted by molar-refractivity contribution is 0.0691. The van der Waals surface area contributed by atoms with E-state index in [1.54, 1.807) is 48.5 Å². The van der Waals surface area contributed by atoms with Gasteiger partial charge in [0.1, 0.15) is 23.7 Å². The lowest BCUT2D eigenvalue weighted by Gasteiger charge is -2.16. The van der Waals surface area contributed by atoms with Gasteiger partial charge in [-0.15, -0.1) is 0 Å². The van der Waals surface area contributed by atoms with Gasteiger partial charge in [0.15, 0.2) is 9.84 Å². The molecule has 1 aromatic heterocycles. The van der Waals surface area contributed by atoms with Crippen LogP contribution in [0.5, 0.6) is 5.75 Å². The number of rotatable bonds is 9. The second-order valence-electron chi connectivity index (χ2n) is 8.89. The zero-order valence-corrected chi connectivity index (χ0v) is 21.3. The van der Waals surface area contributed by atoms with Gasteiger partial charge in [0.2, 0.25) is 0 Å². The Balaban J connectivity index is 1.51. The molecule has 0 saturated carbocycles. The Bertz CT molecular complexity index is 1680. The summed E-state index contributed by atoms with van der Waals surface area (Å²) in [6.07, 6.45) is 8.24. The first kappa shape index (κ1) is 25.2. The van der Waals surface area contributed by atoms with E-state index >= 15 is 0 Å². The zero-order chi connectivity index (χ0) is 26.5. The van der Waals surface area contributed by atoms with Crippen molar-refractivity contribution in [1.82, 2.24) is 9.55 Å². The van der Waals surface area contributed by atoms with Crippen molar-refractivity contribution < 1.29 is 23.1 Å². The van der Waals surface area contributed by atoms with Gasteiger partial charge in [0.05, 0.1) is 21.7 Å². The van der Waals surface area contributed by atoms with Gasteiger partial charge in [-0.25, -0.2) is 18.2 Å². The number of carbonyl (C=O) groups is 1. The molecule has 5 rings (SSSR count). The molecule has 0 atom stereocenters. The summed E-state index contributed by atoms with van der Waals surface area (Å²) in [7, 11) is -3.53. The van der Waals surface area contributed by atoms with E-state index in [0.29, 0.717) is 23.7 Å². The van der Waals surface area contributed by atoms with E-state index < -0.39 is 15.8 Å². The molecule has 0 fully saturated rings. The number of carboxylic acids is 1. The molecule has 0 aliphatic heterocycles. The number of hydrogen-bond acceptors (Lipinski definition) is 5. The van der Waals surface area contributed by atoms with Crippen LogP contribution in [0.4, 0.5) is 0 Å². The molecule has 8 heteroatoms. The summed E-state index contributed by atoms with van der Waals surface area (Å²) < 4.78 is 34.4. The quantitative estimate of drug-likeness (QED) is 0.305. The van der Waals surface area contributed by atoms with Crippen LogP contribution < -0.4 is 4.74 Å². The van der Waals surface area contributed by atoms with Crippen LogP contribution in [0.25, 0.3) is 11.0 Å². The molecule has 1 aliphatic carbocycles. The van der Waals surface area contributed by atoms with Crippen LogP contribution in [-0.2, 0) is 23.0 Å². The molecule has 1 aliphatic rings. The summed E-state index contributed by atoms with van der Waals surface area (Å²) >= 11 is 0. The third-order valence-electron chi connectivity index (χ3n) is 6.37. The first-order valence-electron chi connectivity index (χ1n) is 12.1. The molecule has 3 aromatic carbocycles. The van der Waals surface area contributed by atoms with Crippen LogP contribution in [0, 0.1) is 0 Å². The number of aromatic nitrogens is 2. The molecular weight excluding hydrogens is 500 g/mol. The van der Waals surface area contributed by atoms with Crippen LogP contribution in [0.15, 0.2) is 119 Å². The van der Waals surface area contributed by atoms with Crippen molar-refractivity contribution in [2.75, 3.05) is 5.75 Å². The van der Waals surface area contributed by atoms with E-state index in [-0.39, 0.29) is 23.7 Å². The van der Waals surface area contributed by atoms with Crippen LogP contribution >= 0.6 is 0 Å². The molecule has 0 unspecified atom stereocenters. The summed E-state index contributed by atoms with van der Waals surface area (Å²) in [6.45, 7) is 0.434. The largest absolute Gasteiger partial charge is 0.485 e. The predicted molar refractivity (Wildman–Crippen MR) is 146 cm³/mol. The first-order valence-corrected chi connectivity index (χ1v) is 13.8. The fourth-order valence-electron chi connectivity index (χ4n) is 4.46. The first-order chi connectivity index (χ1) is 18.4. The van der Waals surface area contributed by atoms with Gasteiger partial charge in [0.25, 0.3) is 0 Å². The fourth-order valence-corrected chi connectivity index (χ4v) is 5.96. The highest BCUT2D eigenvalue weighted by atomic mass is 32.2. The smallest absolute Gasteiger partial charge is 0.339 e. The normalized spacial score (nSPS) is 13.6. The third-order valence-corrected chi connectivity index (χ3v) is 8.08. The highest BCUT2D eigenvalue weighted by molar-refractivity contribution is 7.91. The Morgan fingerprint density at radius 2 is 1.68 bits per heavy atom. The summed E-state index contributed by atoms with van der Waals surface area (Å²) in [6, 6.07) is 22.6. The van der Waals surface area contributed by atoms with Crippen LogP contribution in [-0.4, -0.2) is 34.8 Å². The fraction of sp³-hybridized carbons (Fsp3) is 0.133. The lowest BCUT2D eigenvalue weighted by Crippen LogP contribution is -2.14. The van der Waals surface area contributed by atoms with E-state index in [4.69, 9.17) is 9.72 Å². The molecular formula is C30H26N2O5S. The van der Waals surface area contributed by atoms with E-state index in [2.05, 4.69) is 0 Å². The maximum Gasteiger partial charge on any atom is 0.339 e. The minimum atomic E-state index is -3.53. The second kappa shape index (κ2) is 10.9. The van der Waals surface area contributed by atoms with E-state index in [9.17, 15) is 18.3 Å². The van der Waals surface area contributed by atoms with E-state index in [1.807, 2.05) is 53.1 Å². The summed E-state index contributed by atoms with van der Waals surface area (Å²) in [5.41, 5.74) is 3.40. The highest BCUT2D eigenvalue weighted by Gasteiger charge is 2.21. The maximum absolute atomic E-state index is 13.2. The Hall–Kier alpha value is -4.43. The molecule has 0 spiro atoms. The van der Waals surface area contributed by atoms with Gasteiger partial charge < -0.3 is 14.4 Å². The number of imidazole rings is 1. The second-order valence-corrected chi connectivity index (χ2v) is 10.9. The molecule has 4 aromatic rings. The predicted octanol–water partition coefficient (Wildman–Crippen LogP) is 5.60. The van der Waals surface area contributed by atoms with Crippen LogP contribution in [0.2, 0.25) is 0 Å². The Morgan fingerprint density at radius 3 is 2.50 bits per heavy atom. The average molecular weight is 527 g/mol. The molecule has 38 heavy (non-hydrogen) atoms. The minimum absolute atomic E-state index is 0.0475. The average Bonchev–Trinajstić information content (AvgIpc) is 3.13. The van der Waals surface area contributed by atoms with E-state index in [0.717, 1.165) is 22.2 Å². The Labute approximate surface area is 221 Å². The van der Waals surface area contributed by atoms with Gasteiger partial charge in [-0.1, -0.05) is 66.8 Å². The molecule has 0 amide bonds. The molecule has 0 saturated heterocycles. The molecule has 0 bridgehead atoms. The Morgan fingerprint density at radius 1 is 0.947 bits per heavy atom. The topological polar surface area (TPSA) is 98.5 Å². The number of hydrogen-bond donors (Lipinski definition) is 1. The van der Waals surface area contributed by atoms with Gasteiger partial charge in [0, 0.05) is 6.54 Å². The molecule has 0 radical (unpaired) electrons. The van der Waals surface area contributed by atoms with E-state index in [1.165, 1.54) is 6.07 Å². The molecule has 192 valence electrons. The number of sulfone groups is 1. The number of allylic oxidation sites excluding steroid dienone is 5. The number of carboxylic acid groups (broad SMARTS) is 1. The molecule has 1 heterocycles. The van der Waals surface area contributed by atoms with Gasteiger partial charge in [-0.2, -0.15) is 0 Å². The Kier molecular flexibility index (Phi) is 7.24. The summed E-state index contributed by atoms with van der Waals surface area (Å²) in [5.74, 6) is -0.300. The number of para-hydroxylation sites is 3. The lowest BCUT2D eigenvalue weighted by atomic mass is 10.1. The highest BCUT2D eigenvalue weighted by Crippen LogP contribution is 2.26. The van der Waals surface area contributed by atoms with Crippen molar-refractivity contribution in [2.45, 2.75) is 24.5 Å². The van der Waals surface area contributed by atoms with Crippen molar-refractivity contribution in [1.29, 1.82) is 0 Å². The number of aromatic carboxylic acids is 1. The number of fused-ring (bicyclic) bond motifs is 1. The molecule has 1 N–H and O–H groups in total. The third kappa shape index (κ3) is 5.45. The molecule has 7 nitrogen and oxygen atoms in total. The van der Waals surface area contributed by atoms with Crippen molar-refractivity contribution in [3.8, 4) is 5.75 Å². The number of nitrogens with zero attached hydrogens (tertiary/aromatic N) is 2. The van der Waals surface area contributed by atoms with Crippen LogP contribution in [0.1, 0.15) is 22.6 Å². The van der Waals surface area contributed by atoms with Gasteiger partial charge in [-0.05, 0) is 54.0 Å². The minimum Gasteiger partial charge on any atom is -0.485 e. The SMILES string of the molecule is O=C(O)c1ccccc1OCc1nc2ccccc2n1CC1=C(CS(=O)(=O)c2ccccc2)CC=CC=C1. The van der Waals surface area contributed by atoms with Crippen molar-refractivity contribution in [3.63, 3.8) is 0 Å². The van der Waals surface area contributed by atoms with Crippen molar-refractivity contribution in [3.05, 3.63) is 126 Å². The zero-order valence-electron chi connectivity index (χ0n) is 20.5. The maximum atomic E-state index is 13.2. The number of benzene rings is 3. The van der Waals surface area contributed by atoms with Crippen LogP contribution in [0.3, 0.4) is 0 Å². The van der Waals surface area contributed by atoms with Gasteiger partial charge >= 0.3 is 5.97 Å². The van der Waals surface area contributed by atoms with Crippen molar-refractivity contribution in [2.24, 2.45) is 0 Å². The standard InChI is InChI=1S/C30H26N2O5S/c33-30(34)25-15-7-10-18-28(25)37-20-29-31-26-16-8-9-17-27(26)32(29)19-22-11-3-1-4-12-23(22)21-38(35,36)24-13-5-2-6-14-24/h1-11,13-18H,12,19-21H2,(H,33,34).